The summed E-state index contributed by atoms with van der Waals surface area (Å²) < 4.78 is 47.1. The van der Waals surface area contributed by atoms with Crippen molar-refractivity contribution in [1.29, 1.82) is 0 Å². The Labute approximate surface area is 337 Å². The minimum absolute atomic E-state index is 0. The monoisotopic (exact) mass is 883 g/mol. The van der Waals surface area contributed by atoms with Crippen LogP contribution in [0.2, 0.25) is 0 Å². The average molecular weight is 883 g/mol. The van der Waals surface area contributed by atoms with Crippen molar-refractivity contribution in [3.05, 3.63) is 187 Å². The zero-order chi connectivity index (χ0) is 40.4. The number of furan rings is 1. The summed E-state index contributed by atoms with van der Waals surface area (Å²) in [6, 6.07) is 54.8. The van der Waals surface area contributed by atoms with Crippen LogP contribution >= 0.6 is 0 Å². The van der Waals surface area contributed by atoms with Crippen molar-refractivity contribution in [3.63, 3.8) is 0 Å². The number of hydrogen-bond acceptors (Lipinski definition) is 3. The first-order valence-corrected chi connectivity index (χ1v) is 17.6. The summed E-state index contributed by atoms with van der Waals surface area (Å²) in [7, 11) is 0. The van der Waals surface area contributed by atoms with Gasteiger partial charge in [0.05, 0.1) is 22.5 Å². The maximum Gasteiger partial charge on any atom is 0.0774 e. The summed E-state index contributed by atoms with van der Waals surface area (Å²) in [4.78, 5) is 9.27. The summed E-state index contributed by atoms with van der Waals surface area (Å²) in [5.41, 5.74) is 11.0. The molecule has 0 amide bonds. The Morgan fingerprint density at radius 2 is 1.46 bits per heavy atom. The van der Waals surface area contributed by atoms with E-state index >= 15 is 0 Å². The fraction of sp³-hybridized carbons (Fsp3) is 0.102. The summed E-state index contributed by atoms with van der Waals surface area (Å²) >= 11 is 0. The molecule has 0 spiro atoms. The van der Waals surface area contributed by atoms with E-state index in [-0.39, 0.29) is 31.6 Å². The van der Waals surface area contributed by atoms with Crippen LogP contribution < -0.4 is 0 Å². The van der Waals surface area contributed by atoms with Gasteiger partial charge in [-0.05, 0) is 53.7 Å². The Morgan fingerprint density at radius 1 is 0.759 bits per heavy atom. The molecule has 0 N–H and O–H groups in total. The van der Waals surface area contributed by atoms with Crippen LogP contribution in [0.15, 0.2) is 168 Å². The smallest absolute Gasteiger partial charge is 0.0774 e. The quantitative estimate of drug-likeness (QED) is 0.150. The van der Waals surface area contributed by atoms with Gasteiger partial charge in [-0.1, -0.05) is 146 Å². The van der Waals surface area contributed by atoms with Gasteiger partial charge in [-0.25, -0.2) is 0 Å². The SMILES string of the molecule is [2H]C([2H])([2H])c1ccc(-c2[c-]cccc2)nc1.[2H]C([2H])(c1ccc2c(-c3nc4ccccc4n3-c3c(-c4ccccc4)cccc3-c3ccccc3)[c-]oc2c1)C(C)C.[Ir]. The van der Waals surface area contributed by atoms with E-state index in [9.17, 15) is 0 Å². The van der Waals surface area contributed by atoms with Gasteiger partial charge < -0.3 is 14.0 Å². The fourth-order valence-electron chi connectivity index (χ4n) is 6.58. The number of benzene rings is 6. The molecule has 3 heterocycles. The van der Waals surface area contributed by atoms with E-state index in [0.29, 0.717) is 11.1 Å². The van der Waals surface area contributed by atoms with E-state index in [1.54, 1.807) is 24.3 Å². The first-order chi connectivity index (χ1) is 28.0. The minimum Gasteiger partial charge on any atom is -0.557 e. The molecular weight excluding hydrogens is 839 g/mol. The van der Waals surface area contributed by atoms with Crippen LogP contribution in [0.3, 0.4) is 0 Å². The van der Waals surface area contributed by atoms with Crippen LogP contribution in [0.5, 0.6) is 0 Å². The van der Waals surface area contributed by atoms with Gasteiger partial charge in [-0.3, -0.25) is 4.98 Å². The first-order valence-electron chi connectivity index (χ1n) is 20.1. The number of nitrogens with zero attached hydrogens (tertiary/aromatic N) is 3. The van der Waals surface area contributed by atoms with Crippen molar-refractivity contribution in [2.45, 2.75) is 27.1 Å². The molecule has 9 aromatic rings. The van der Waals surface area contributed by atoms with Crippen molar-refractivity contribution in [2.75, 3.05) is 0 Å². The largest absolute Gasteiger partial charge is 0.557 e. The number of para-hydroxylation sites is 3. The van der Waals surface area contributed by atoms with Crippen LogP contribution in [0.1, 0.15) is 31.8 Å². The van der Waals surface area contributed by atoms with E-state index in [0.717, 1.165) is 67.0 Å². The van der Waals surface area contributed by atoms with Crippen molar-refractivity contribution >= 4 is 22.0 Å². The van der Waals surface area contributed by atoms with Gasteiger partial charge in [0.2, 0.25) is 0 Å². The molecule has 0 atom stereocenters. The molecule has 0 aliphatic heterocycles. The minimum atomic E-state index is -2.09. The second-order valence-electron chi connectivity index (χ2n) is 13.0. The Bertz CT molecular complexity index is 2760. The second kappa shape index (κ2) is 16.4. The Balaban J connectivity index is 0.000000262. The van der Waals surface area contributed by atoms with Crippen LogP contribution in [0.25, 0.3) is 72.6 Å². The van der Waals surface area contributed by atoms with Gasteiger partial charge >= 0.3 is 0 Å². The number of rotatable bonds is 7. The third-order valence-electron chi connectivity index (χ3n) is 8.93. The third kappa shape index (κ3) is 7.61. The molecular formula is C49H39IrN3O-2. The van der Waals surface area contributed by atoms with Crippen molar-refractivity contribution < 1.29 is 31.4 Å². The molecule has 54 heavy (non-hydrogen) atoms. The molecule has 4 nitrogen and oxygen atoms in total. The number of fused-ring (bicyclic) bond motifs is 2. The number of aromatic nitrogens is 3. The van der Waals surface area contributed by atoms with Gasteiger partial charge in [0, 0.05) is 56.1 Å². The standard InChI is InChI=1S/C37H29N2O.C12H10N.Ir/c1-25(2)22-26-20-21-31-32(24-40-35(31)23-26)37-38-33-18-9-10-19-34(33)39(37)36-29(27-12-5-3-6-13-27)16-11-17-30(36)28-14-7-4-8-15-28;1-10-7-8-12(13-9-10)11-5-3-2-4-6-11;/h3-21,23,25H,22H2,1-2H3;2-5,7-9H,1H3;/q2*-1;/i22D2;1D3;. The predicted molar refractivity (Wildman–Crippen MR) is 218 cm³/mol. The van der Waals surface area contributed by atoms with E-state index in [1.165, 1.54) is 6.20 Å². The Kier molecular flexibility index (Phi) is 9.30. The fourth-order valence-corrected chi connectivity index (χ4v) is 6.58. The van der Waals surface area contributed by atoms with Crippen LogP contribution in [0, 0.1) is 25.1 Å². The number of imidazole rings is 1. The first kappa shape index (κ1) is 30.6. The molecule has 0 saturated heterocycles. The molecule has 267 valence electrons. The van der Waals surface area contributed by atoms with E-state index in [1.807, 2.05) is 74.5 Å². The molecule has 6 aromatic carbocycles. The molecule has 0 bridgehead atoms. The Hall–Kier alpha value is -5.87. The van der Waals surface area contributed by atoms with Crippen LogP contribution in [0.4, 0.5) is 0 Å². The van der Waals surface area contributed by atoms with Gasteiger partial charge in [0.1, 0.15) is 0 Å². The number of hydrogen-bond donors (Lipinski definition) is 0. The van der Waals surface area contributed by atoms with E-state index in [4.69, 9.17) is 16.3 Å². The van der Waals surface area contributed by atoms with Crippen LogP contribution in [-0.4, -0.2) is 14.5 Å². The molecule has 0 aliphatic carbocycles. The molecule has 3 aromatic heterocycles. The molecule has 1 radical (unpaired) electrons. The van der Waals surface area contributed by atoms with Crippen molar-refractivity contribution in [1.82, 2.24) is 14.5 Å². The van der Waals surface area contributed by atoms with Crippen molar-refractivity contribution in [3.8, 4) is 50.6 Å². The van der Waals surface area contributed by atoms with Gasteiger partial charge in [-0.2, -0.15) is 0 Å². The third-order valence-corrected chi connectivity index (χ3v) is 8.93. The number of aryl methyl sites for hydroxylation is 1. The summed E-state index contributed by atoms with van der Waals surface area (Å²) in [5, 5.41) is 0.841. The molecule has 0 unspecified atom stereocenters. The van der Waals surface area contributed by atoms with Gasteiger partial charge in [-0.15, -0.1) is 42.0 Å². The second-order valence-corrected chi connectivity index (χ2v) is 13.0. The molecule has 0 aliphatic rings. The summed E-state index contributed by atoms with van der Waals surface area (Å²) in [6.45, 7) is 1.69. The van der Waals surface area contributed by atoms with E-state index < -0.39 is 13.2 Å². The van der Waals surface area contributed by atoms with Crippen LogP contribution in [-0.2, 0) is 26.5 Å². The maximum absolute atomic E-state index is 8.60. The normalized spacial score (nSPS) is 12.8. The Morgan fingerprint density at radius 3 is 2.11 bits per heavy atom. The molecule has 0 fully saturated rings. The topological polar surface area (TPSA) is 43.9 Å². The molecule has 0 saturated carbocycles. The summed E-state index contributed by atoms with van der Waals surface area (Å²) in [5.74, 6) is 0.540. The van der Waals surface area contributed by atoms with Crippen molar-refractivity contribution in [2.24, 2.45) is 5.92 Å². The summed E-state index contributed by atoms with van der Waals surface area (Å²) in [6.07, 6.45) is 3.06. The maximum atomic E-state index is 8.60. The van der Waals surface area contributed by atoms with E-state index in [2.05, 4.69) is 94.7 Å². The zero-order valence-electron chi connectivity index (χ0n) is 34.7. The average Bonchev–Trinajstić information content (AvgIpc) is 3.85. The predicted octanol–water partition coefficient (Wildman–Crippen LogP) is 12.6. The molecule has 5 heteroatoms. The van der Waals surface area contributed by atoms with Gasteiger partial charge in [0.15, 0.2) is 0 Å². The number of pyridine rings is 1. The van der Waals surface area contributed by atoms with Gasteiger partial charge in [0.25, 0.3) is 0 Å². The zero-order valence-corrected chi connectivity index (χ0v) is 32.1. The molecule has 9 rings (SSSR count).